The third kappa shape index (κ3) is 3.91. The second-order valence-electron chi connectivity index (χ2n) is 10.4. The molecule has 198 valence electrons. The predicted molar refractivity (Wildman–Crippen MR) is 140 cm³/mol. The van der Waals surface area contributed by atoms with Crippen LogP contribution in [-0.4, -0.2) is 42.5 Å². The average molecular weight is 557 g/mol. The van der Waals surface area contributed by atoms with Crippen molar-refractivity contribution in [2.24, 2.45) is 4.99 Å². The predicted octanol–water partition coefficient (Wildman–Crippen LogP) is 4.15. The van der Waals surface area contributed by atoms with Crippen molar-refractivity contribution in [3.8, 4) is 0 Å². The Bertz CT molecular complexity index is 1810. The molecular formula is C26H24N2O8S2. The fraction of sp³-hybridized carbons (Fsp3) is 0.231. The Labute approximate surface area is 219 Å². The molecule has 4 N–H and O–H groups in total. The molecule has 0 saturated carbocycles. The fourth-order valence-electron chi connectivity index (χ4n) is 4.86. The van der Waals surface area contributed by atoms with E-state index in [-0.39, 0.29) is 26.7 Å². The van der Waals surface area contributed by atoms with E-state index in [0.717, 1.165) is 0 Å². The molecule has 2 aliphatic heterocycles. The number of ketones is 1. The average Bonchev–Trinajstić information content (AvgIpc) is 3.22. The van der Waals surface area contributed by atoms with Crippen molar-refractivity contribution in [2.45, 2.75) is 48.3 Å². The Kier molecular flexibility index (Phi) is 5.46. The number of rotatable bonds is 4. The highest BCUT2D eigenvalue weighted by atomic mass is 32.2. The van der Waals surface area contributed by atoms with Gasteiger partial charge in [0.05, 0.1) is 32.3 Å². The standard InChI is InChI=1S/C26H24N2O8S2/c1-25(2)17-9-13(37(31,32)33)5-7-19(17)27-21(25)11-15-23(29)16(24(15)30)12-22-26(3,4)18-10-14(38(34,35)36)6-8-20(18)28-22/h5-12,27,29H,1-4H3,(H,31,32,33)(H,34,35,36). The summed E-state index contributed by atoms with van der Waals surface area (Å²) in [5.74, 6) is -0.655. The normalized spacial score (nSPS) is 21.7. The number of aliphatic imine (C=N–C) groups is 1. The van der Waals surface area contributed by atoms with Gasteiger partial charge in [-0.1, -0.05) is 27.7 Å². The van der Waals surface area contributed by atoms with Gasteiger partial charge in [-0.2, -0.15) is 16.8 Å². The maximum atomic E-state index is 13.0. The van der Waals surface area contributed by atoms with Crippen molar-refractivity contribution in [1.29, 1.82) is 0 Å². The molecule has 0 atom stereocenters. The van der Waals surface area contributed by atoms with E-state index in [9.17, 15) is 35.8 Å². The second-order valence-corrected chi connectivity index (χ2v) is 13.3. The van der Waals surface area contributed by atoms with E-state index in [4.69, 9.17) is 0 Å². The first-order chi connectivity index (χ1) is 17.4. The third-order valence-electron chi connectivity index (χ3n) is 7.29. The van der Waals surface area contributed by atoms with Gasteiger partial charge in [0.2, 0.25) is 5.78 Å². The summed E-state index contributed by atoms with van der Waals surface area (Å²) in [6.45, 7) is 7.21. The van der Waals surface area contributed by atoms with Gasteiger partial charge in [-0.3, -0.25) is 18.9 Å². The van der Waals surface area contributed by atoms with Crippen LogP contribution in [0.1, 0.15) is 38.8 Å². The Morgan fingerprint density at radius 1 is 0.842 bits per heavy atom. The van der Waals surface area contributed by atoms with Crippen LogP contribution in [0, 0.1) is 0 Å². The molecule has 0 aromatic heterocycles. The lowest BCUT2D eigenvalue weighted by Crippen LogP contribution is -2.28. The number of hydrogen-bond acceptors (Lipinski definition) is 8. The van der Waals surface area contributed by atoms with E-state index in [2.05, 4.69) is 10.3 Å². The largest absolute Gasteiger partial charge is 0.506 e. The van der Waals surface area contributed by atoms with E-state index in [1.165, 1.54) is 48.6 Å². The molecule has 5 rings (SSSR count). The van der Waals surface area contributed by atoms with Crippen LogP contribution in [0.25, 0.3) is 0 Å². The molecule has 12 heteroatoms. The molecule has 2 heterocycles. The number of nitrogens with one attached hydrogen (secondary N) is 1. The molecule has 0 spiro atoms. The molecule has 0 unspecified atom stereocenters. The molecule has 0 saturated heterocycles. The number of allylic oxidation sites excluding steroid dienone is 5. The minimum Gasteiger partial charge on any atom is -0.506 e. The molecular weight excluding hydrogens is 532 g/mol. The smallest absolute Gasteiger partial charge is 0.294 e. The number of hydrogen-bond donors (Lipinski definition) is 4. The number of benzene rings is 2. The first-order valence-corrected chi connectivity index (χ1v) is 14.3. The number of fused-ring (bicyclic) bond motifs is 2. The van der Waals surface area contributed by atoms with Crippen molar-refractivity contribution in [2.75, 3.05) is 5.32 Å². The SMILES string of the molecule is CC1(C)C(C=C2C(=O)C(C=C3Nc4ccc(S(=O)(=O)O)cc4C3(C)C)=C2O)=Nc2ccc(S(=O)(=O)O)cc21. The first-order valence-electron chi connectivity index (χ1n) is 11.4. The summed E-state index contributed by atoms with van der Waals surface area (Å²) < 4.78 is 65.1. The van der Waals surface area contributed by atoms with Crippen LogP contribution in [0.4, 0.5) is 11.4 Å². The van der Waals surface area contributed by atoms with E-state index >= 15 is 0 Å². The maximum Gasteiger partial charge on any atom is 0.294 e. The van der Waals surface area contributed by atoms with Crippen molar-refractivity contribution in [1.82, 2.24) is 0 Å². The maximum absolute atomic E-state index is 13.0. The molecule has 38 heavy (non-hydrogen) atoms. The first kappa shape index (κ1) is 26.0. The van der Waals surface area contributed by atoms with Crippen molar-refractivity contribution in [3.63, 3.8) is 0 Å². The van der Waals surface area contributed by atoms with Crippen molar-refractivity contribution < 1.29 is 35.8 Å². The van der Waals surface area contributed by atoms with Crippen LogP contribution in [0.15, 0.2) is 85.9 Å². The van der Waals surface area contributed by atoms with Crippen LogP contribution in [0.5, 0.6) is 0 Å². The van der Waals surface area contributed by atoms with E-state index in [1.54, 1.807) is 13.8 Å². The number of aliphatic hydroxyl groups excluding tert-OH is 1. The number of carbonyl (C=O) groups excluding carboxylic acids is 1. The number of nitrogens with zero attached hydrogens (tertiary/aromatic N) is 1. The van der Waals surface area contributed by atoms with Crippen molar-refractivity contribution in [3.05, 3.63) is 82.3 Å². The monoisotopic (exact) mass is 556 g/mol. The van der Waals surface area contributed by atoms with Crippen molar-refractivity contribution >= 4 is 43.1 Å². The van der Waals surface area contributed by atoms with Gasteiger partial charge in [0, 0.05) is 22.2 Å². The minimum absolute atomic E-state index is 0.0495. The quantitative estimate of drug-likeness (QED) is 0.319. The summed E-state index contributed by atoms with van der Waals surface area (Å²) in [5.41, 5.74) is 1.80. The highest BCUT2D eigenvalue weighted by molar-refractivity contribution is 7.86. The molecule has 2 aromatic carbocycles. The van der Waals surface area contributed by atoms with E-state index < -0.39 is 36.8 Å². The van der Waals surface area contributed by atoms with E-state index in [0.29, 0.717) is 33.9 Å². The van der Waals surface area contributed by atoms with Crippen LogP contribution >= 0.6 is 0 Å². The van der Waals surface area contributed by atoms with Gasteiger partial charge in [-0.25, -0.2) is 0 Å². The number of Topliss-reactive ketones (excluding diaryl/α,β-unsaturated/α-hetero) is 1. The highest BCUT2D eigenvalue weighted by Gasteiger charge is 2.41. The summed E-state index contributed by atoms with van der Waals surface area (Å²) >= 11 is 0. The summed E-state index contributed by atoms with van der Waals surface area (Å²) in [6.07, 6.45) is 2.98. The summed E-state index contributed by atoms with van der Waals surface area (Å²) in [5, 5.41) is 13.9. The molecule has 2 aromatic rings. The Morgan fingerprint density at radius 2 is 1.42 bits per heavy atom. The second kappa shape index (κ2) is 7.96. The van der Waals surface area contributed by atoms with Gasteiger partial charge in [-0.05, 0) is 59.7 Å². The van der Waals surface area contributed by atoms with Gasteiger partial charge < -0.3 is 10.4 Å². The summed E-state index contributed by atoms with van der Waals surface area (Å²) in [6, 6.07) is 8.22. The van der Waals surface area contributed by atoms with Gasteiger partial charge in [0.15, 0.2) is 0 Å². The lowest BCUT2D eigenvalue weighted by molar-refractivity contribution is -0.113. The zero-order valence-electron chi connectivity index (χ0n) is 20.8. The zero-order chi connectivity index (χ0) is 28.0. The molecule has 0 bridgehead atoms. The van der Waals surface area contributed by atoms with Gasteiger partial charge in [-0.15, -0.1) is 0 Å². The lowest BCUT2D eigenvalue weighted by Gasteiger charge is -2.25. The molecule has 0 radical (unpaired) electrons. The van der Waals surface area contributed by atoms with Gasteiger partial charge >= 0.3 is 0 Å². The Hall–Kier alpha value is -3.58. The molecule has 10 nitrogen and oxygen atoms in total. The molecule has 0 amide bonds. The number of aliphatic hydroxyl groups is 1. The van der Waals surface area contributed by atoms with Crippen LogP contribution in [-0.2, 0) is 35.9 Å². The Morgan fingerprint density at radius 3 is 2.00 bits per heavy atom. The highest BCUT2D eigenvalue weighted by Crippen LogP contribution is 2.46. The van der Waals surface area contributed by atoms with Gasteiger partial charge in [0.25, 0.3) is 20.2 Å². The summed E-state index contributed by atoms with van der Waals surface area (Å²) in [7, 11) is -8.80. The molecule has 1 aliphatic carbocycles. The van der Waals surface area contributed by atoms with Gasteiger partial charge in [0.1, 0.15) is 5.76 Å². The van der Waals surface area contributed by atoms with E-state index in [1.807, 2.05) is 13.8 Å². The molecule has 3 aliphatic rings. The zero-order valence-corrected chi connectivity index (χ0v) is 22.4. The van der Waals surface area contributed by atoms with Crippen LogP contribution in [0.2, 0.25) is 0 Å². The Balaban J connectivity index is 1.48. The fourth-order valence-corrected chi connectivity index (χ4v) is 5.87. The van der Waals surface area contributed by atoms with Crippen LogP contribution in [0.3, 0.4) is 0 Å². The number of anilines is 1. The molecule has 0 fully saturated rings. The van der Waals surface area contributed by atoms with Crippen LogP contribution < -0.4 is 5.32 Å². The lowest BCUT2D eigenvalue weighted by atomic mass is 9.77. The topological polar surface area (TPSA) is 170 Å². The summed E-state index contributed by atoms with van der Waals surface area (Å²) in [4.78, 5) is 17.0. The minimum atomic E-state index is -4.41. The third-order valence-corrected chi connectivity index (χ3v) is 8.99. The number of carbonyl (C=O) groups is 1.